The third kappa shape index (κ3) is 3.27. The predicted molar refractivity (Wildman–Crippen MR) is 85.5 cm³/mol. The second-order valence-corrected chi connectivity index (χ2v) is 5.66. The van der Waals surface area contributed by atoms with Crippen molar-refractivity contribution >= 4 is 17.8 Å². The molecule has 1 aromatic carbocycles. The van der Waals surface area contributed by atoms with Crippen molar-refractivity contribution in [2.24, 2.45) is 0 Å². The van der Waals surface area contributed by atoms with Crippen molar-refractivity contribution in [1.82, 2.24) is 15.8 Å². The van der Waals surface area contributed by atoms with Crippen molar-refractivity contribution < 1.29 is 23.9 Å². The molecule has 24 heavy (non-hydrogen) atoms. The Kier molecular flexibility index (Phi) is 4.96. The van der Waals surface area contributed by atoms with Gasteiger partial charge in [-0.1, -0.05) is 13.0 Å². The molecule has 1 heterocycles. The Morgan fingerprint density at radius 1 is 1.25 bits per heavy atom. The third-order valence-electron chi connectivity index (χ3n) is 4.02. The molecule has 0 aromatic heterocycles. The van der Waals surface area contributed by atoms with Crippen molar-refractivity contribution in [3.63, 3.8) is 0 Å². The van der Waals surface area contributed by atoms with E-state index in [0.717, 1.165) is 5.01 Å². The average molecular weight is 335 g/mol. The molecule has 0 unspecified atom stereocenters. The molecule has 8 nitrogen and oxygen atoms in total. The number of rotatable bonds is 6. The summed E-state index contributed by atoms with van der Waals surface area (Å²) in [5, 5.41) is 3.30. The molecule has 0 aliphatic carbocycles. The van der Waals surface area contributed by atoms with Gasteiger partial charge in [-0.15, -0.1) is 0 Å². The van der Waals surface area contributed by atoms with Crippen LogP contribution in [0.2, 0.25) is 0 Å². The number of benzene rings is 1. The zero-order valence-electron chi connectivity index (χ0n) is 14.1. The maximum atomic E-state index is 12.2. The van der Waals surface area contributed by atoms with Gasteiger partial charge < -0.3 is 14.8 Å². The Morgan fingerprint density at radius 3 is 2.46 bits per heavy atom. The Bertz CT molecular complexity index is 676. The summed E-state index contributed by atoms with van der Waals surface area (Å²) in [5.41, 5.74) is 2.01. The van der Waals surface area contributed by atoms with Gasteiger partial charge in [0.2, 0.25) is 5.91 Å². The first-order chi connectivity index (χ1) is 11.3. The summed E-state index contributed by atoms with van der Waals surface area (Å²) in [5.74, 6) is 0.0903. The van der Waals surface area contributed by atoms with E-state index in [4.69, 9.17) is 9.47 Å². The second-order valence-electron chi connectivity index (χ2n) is 5.66. The number of nitrogens with one attached hydrogen (secondary N) is 2. The molecule has 2 rings (SSSR count). The Balaban J connectivity index is 2.06. The molecule has 130 valence electrons. The van der Waals surface area contributed by atoms with E-state index in [9.17, 15) is 14.4 Å². The molecule has 0 spiro atoms. The molecule has 0 radical (unpaired) electrons. The number of hydrogen-bond donors (Lipinski definition) is 2. The van der Waals surface area contributed by atoms with Crippen LogP contribution in [0.5, 0.6) is 11.5 Å². The summed E-state index contributed by atoms with van der Waals surface area (Å²) in [7, 11) is 3.02. The van der Waals surface area contributed by atoms with Crippen molar-refractivity contribution in [2.45, 2.75) is 32.2 Å². The minimum absolute atomic E-state index is 0.0136. The standard InChI is InChI=1S/C16H21N3O5/c1-5-16(2)14(21)19(15(22)17-16)18-13(20)9-10-6-7-11(23-3)12(8-10)24-4/h6-8H,5,9H2,1-4H3,(H,17,22)(H,18,20)/t16-/m1/s1. The van der Waals surface area contributed by atoms with Crippen molar-refractivity contribution in [2.75, 3.05) is 14.2 Å². The normalized spacial score (nSPS) is 19.9. The molecule has 1 aliphatic heterocycles. The summed E-state index contributed by atoms with van der Waals surface area (Å²) >= 11 is 0. The lowest BCUT2D eigenvalue weighted by molar-refractivity contribution is -0.138. The first-order valence-corrected chi connectivity index (χ1v) is 7.51. The van der Waals surface area contributed by atoms with Crippen LogP contribution >= 0.6 is 0 Å². The number of hydrazine groups is 1. The van der Waals surface area contributed by atoms with Crippen LogP contribution in [-0.2, 0) is 16.0 Å². The number of carbonyl (C=O) groups excluding carboxylic acids is 3. The molecule has 1 aliphatic rings. The van der Waals surface area contributed by atoms with E-state index in [-0.39, 0.29) is 6.42 Å². The Labute approximate surface area is 140 Å². The lowest BCUT2D eigenvalue weighted by Crippen LogP contribution is -2.49. The quantitative estimate of drug-likeness (QED) is 0.756. The number of ether oxygens (including phenoxy) is 2. The highest BCUT2D eigenvalue weighted by atomic mass is 16.5. The fourth-order valence-corrected chi connectivity index (χ4v) is 2.37. The molecular weight excluding hydrogens is 314 g/mol. The average Bonchev–Trinajstić information content (AvgIpc) is 2.78. The molecule has 1 atom stereocenters. The van der Waals surface area contributed by atoms with Crippen molar-refractivity contribution in [3.8, 4) is 11.5 Å². The Hall–Kier alpha value is -2.77. The van der Waals surface area contributed by atoms with Crippen LogP contribution in [0.1, 0.15) is 25.8 Å². The number of methoxy groups -OCH3 is 2. The van der Waals surface area contributed by atoms with E-state index >= 15 is 0 Å². The van der Waals surface area contributed by atoms with Gasteiger partial charge in [-0.25, -0.2) is 4.79 Å². The van der Waals surface area contributed by atoms with Crippen molar-refractivity contribution in [1.29, 1.82) is 0 Å². The van der Waals surface area contributed by atoms with Gasteiger partial charge in [-0.05, 0) is 31.0 Å². The summed E-state index contributed by atoms with van der Waals surface area (Å²) in [6.45, 7) is 3.40. The number of amides is 4. The SMILES string of the molecule is CC[C@@]1(C)NC(=O)N(NC(=O)Cc2ccc(OC)c(OC)c2)C1=O. The molecule has 1 aromatic rings. The van der Waals surface area contributed by atoms with E-state index in [0.29, 0.717) is 23.5 Å². The second kappa shape index (κ2) is 6.77. The van der Waals surface area contributed by atoms with Crippen LogP contribution < -0.4 is 20.2 Å². The molecule has 8 heteroatoms. The summed E-state index contributed by atoms with van der Waals surface area (Å²) < 4.78 is 10.3. The molecule has 1 saturated heterocycles. The van der Waals surface area contributed by atoms with Gasteiger partial charge in [0.05, 0.1) is 20.6 Å². The molecular formula is C16H21N3O5. The lowest BCUT2D eigenvalue weighted by atomic mass is 10.00. The summed E-state index contributed by atoms with van der Waals surface area (Å²) in [4.78, 5) is 36.3. The fraction of sp³-hybridized carbons (Fsp3) is 0.438. The van der Waals surface area contributed by atoms with Gasteiger partial charge in [-0.2, -0.15) is 5.01 Å². The first kappa shape index (κ1) is 17.6. The van der Waals surface area contributed by atoms with Crippen LogP contribution in [-0.4, -0.2) is 42.6 Å². The van der Waals surface area contributed by atoms with Gasteiger partial charge in [0.25, 0.3) is 5.91 Å². The molecule has 0 bridgehead atoms. The Morgan fingerprint density at radius 2 is 1.92 bits per heavy atom. The van der Waals surface area contributed by atoms with E-state index in [2.05, 4.69) is 10.7 Å². The summed E-state index contributed by atoms with van der Waals surface area (Å²) in [6.07, 6.45) is 0.417. The molecule has 4 amide bonds. The zero-order valence-corrected chi connectivity index (χ0v) is 14.1. The van der Waals surface area contributed by atoms with Crippen LogP contribution in [0.4, 0.5) is 4.79 Å². The monoisotopic (exact) mass is 335 g/mol. The maximum absolute atomic E-state index is 12.2. The van der Waals surface area contributed by atoms with Gasteiger partial charge in [0, 0.05) is 0 Å². The predicted octanol–water partition coefficient (Wildman–Crippen LogP) is 0.998. The van der Waals surface area contributed by atoms with E-state index in [1.54, 1.807) is 32.0 Å². The maximum Gasteiger partial charge on any atom is 0.344 e. The zero-order chi connectivity index (χ0) is 17.9. The fourth-order valence-electron chi connectivity index (χ4n) is 2.37. The van der Waals surface area contributed by atoms with Crippen LogP contribution in [0.3, 0.4) is 0 Å². The van der Waals surface area contributed by atoms with Gasteiger partial charge in [0.15, 0.2) is 11.5 Å². The minimum Gasteiger partial charge on any atom is -0.493 e. The van der Waals surface area contributed by atoms with Crippen LogP contribution in [0, 0.1) is 0 Å². The molecule has 2 N–H and O–H groups in total. The number of imide groups is 1. The molecule has 1 fully saturated rings. The number of urea groups is 1. The van der Waals surface area contributed by atoms with Gasteiger partial charge >= 0.3 is 6.03 Å². The van der Waals surface area contributed by atoms with Crippen LogP contribution in [0.15, 0.2) is 18.2 Å². The topological polar surface area (TPSA) is 97.0 Å². The first-order valence-electron chi connectivity index (χ1n) is 7.51. The minimum atomic E-state index is -0.992. The largest absolute Gasteiger partial charge is 0.493 e. The van der Waals surface area contributed by atoms with E-state index < -0.39 is 23.4 Å². The van der Waals surface area contributed by atoms with Crippen LogP contribution in [0.25, 0.3) is 0 Å². The van der Waals surface area contributed by atoms with Crippen molar-refractivity contribution in [3.05, 3.63) is 23.8 Å². The smallest absolute Gasteiger partial charge is 0.344 e. The van der Waals surface area contributed by atoms with Gasteiger partial charge in [-0.3, -0.25) is 15.0 Å². The highest BCUT2D eigenvalue weighted by Gasteiger charge is 2.47. The number of nitrogens with zero attached hydrogens (tertiary/aromatic N) is 1. The van der Waals surface area contributed by atoms with E-state index in [1.165, 1.54) is 14.2 Å². The highest BCUT2D eigenvalue weighted by Crippen LogP contribution is 2.27. The lowest BCUT2D eigenvalue weighted by Gasteiger charge is -2.19. The van der Waals surface area contributed by atoms with Gasteiger partial charge in [0.1, 0.15) is 5.54 Å². The van der Waals surface area contributed by atoms with E-state index in [1.807, 2.05) is 0 Å². The number of carbonyl (C=O) groups is 3. The molecule has 0 saturated carbocycles. The highest BCUT2D eigenvalue weighted by molar-refractivity contribution is 6.07. The number of hydrogen-bond acceptors (Lipinski definition) is 5. The summed E-state index contributed by atoms with van der Waals surface area (Å²) in [6, 6.07) is 4.43. The third-order valence-corrected chi connectivity index (χ3v) is 4.02.